The van der Waals surface area contributed by atoms with Crippen LogP contribution in [0, 0.1) is 0 Å². The average Bonchev–Trinajstić information content (AvgIpc) is 2.61. The van der Waals surface area contributed by atoms with Crippen molar-refractivity contribution >= 4 is 10.8 Å². The van der Waals surface area contributed by atoms with Crippen molar-refractivity contribution in [3.05, 3.63) is 71.8 Å². The quantitative estimate of drug-likeness (QED) is 0.645. The second-order valence-corrected chi connectivity index (χ2v) is 5.86. The van der Waals surface area contributed by atoms with Crippen LogP contribution < -0.4 is 9.47 Å². The molecule has 0 bridgehead atoms. The zero-order valence-corrected chi connectivity index (χ0v) is 13.9. The van der Waals surface area contributed by atoms with Crippen LogP contribution in [-0.4, -0.2) is 14.2 Å². The van der Waals surface area contributed by atoms with Crippen LogP contribution in [0.15, 0.2) is 60.7 Å². The number of hydrogen-bond donors (Lipinski definition) is 0. The molecule has 0 fully saturated rings. The fraction of sp³-hybridized carbons (Fsp3) is 0.238. The zero-order valence-electron chi connectivity index (χ0n) is 13.9. The Hall–Kier alpha value is -2.48. The Kier molecular flexibility index (Phi) is 4.52. The highest BCUT2D eigenvalue weighted by Crippen LogP contribution is 2.32. The summed E-state index contributed by atoms with van der Waals surface area (Å²) < 4.78 is 10.7. The van der Waals surface area contributed by atoms with Crippen molar-refractivity contribution < 1.29 is 9.47 Å². The van der Waals surface area contributed by atoms with Crippen LogP contribution in [0.5, 0.6) is 11.5 Å². The second kappa shape index (κ2) is 6.74. The van der Waals surface area contributed by atoms with E-state index in [0.717, 1.165) is 17.9 Å². The topological polar surface area (TPSA) is 18.5 Å². The molecule has 0 saturated carbocycles. The molecule has 23 heavy (non-hydrogen) atoms. The van der Waals surface area contributed by atoms with Crippen molar-refractivity contribution in [2.75, 3.05) is 14.2 Å². The molecule has 3 rings (SSSR count). The molecular weight excluding hydrogens is 284 g/mol. The van der Waals surface area contributed by atoms with Gasteiger partial charge in [-0.1, -0.05) is 49.4 Å². The lowest BCUT2D eigenvalue weighted by Gasteiger charge is -2.16. The van der Waals surface area contributed by atoms with Gasteiger partial charge in [0.25, 0.3) is 0 Å². The summed E-state index contributed by atoms with van der Waals surface area (Å²) >= 11 is 0. The molecular formula is C21H22O2. The fourth-order valence-electron chi connectivity index (χ4n) is 3.14. The van der Waals surface area contributed by atoms with Crippen molar-refractivity contribution in [1.29, 1.82) is 0 Å². The normalized spacial score (nSPS) is 12.1. The van der Waals surface area contributed by atoms with Crippen LogP contribution in [-0.2, 0) is 6.42 Å². The Labute approximate surface area is 137 Å². The summed E-state index contributed by atoms with van der Waals surface area (Å²) in [6.07, 6.45) is 1.00. The first kappa shape index (κ1) is 15.4. The Morgan fingerprint density at radius 1 is 0.783 bits per heavy atom. The van der Waals surface area contributed by atoms with Gasteiger partial charge in [-0.2, -0.15) is 0 Å². The minimum atomic E-state index is 0.430. The minimum Gasteiger partial charge on any atom is -0.497 e. The molecule has 0 spiro atoms. The number of benzene rings is 3. The van der Waals surface area contributed by atoms with Crippen molar-refractivity contribution in [2.45, 2.75) is 19.3 Å². The predicted molar refractivity (Wildman–Crippen MR) is 95.6 cm³/mol. The third kappa shape index (κ3) is 3.16. The number of hydrogen-bond acceptors (Lipinski definition) is 2. The SMILES string of the molecule is COc1ccc(C[C@@H](C)c2cccc3c(OC)cccc23)cc1. The Morgan fingerprint density at radius 2 is 1.48 bits per heavy atom. The zero-order chi connectivity index (χ0) is 16.2. The molecule has 0 aromatic heterocycles. The standard InChI is InChI=1S/C21H22O2/c1-15(14-16-10-12-17(22-2)13-11-16)18-6-4-8-20-19(18)7-5-9-21(20)23-3/h4-13,15H,14H2,1-3H3/t15-/m1/s1. The van der Waals surface area contributed by atoms with E-state index < -0.39 is 0 Å². The lowest BCUT2D eigenvalue weighted by molar-refractivity contribution is 0.414. The van der Waals surface area contributed by atoms with E-state index >= 15 is 0 Å². The maximum atomic E-state index is 5.49. The van der Waals surface area contributed by atoms with E-state index in [2.05, 4.69) is 49.4 Å². The van der Waals surface area contributed by atoms with Gasteiger partial charge in [0.15, 0.2) is 0 Å². The van der Waals surface area contributed by atoms with Crippen molar-refractivity contribution in [3.63, 3.8) is 0 Å². The van der Waals surface area contributed by atoms with Crippen LogP contribution >= 0.6 is 0 Å². The molecule has 0 radical (unpaired) electrons. The van der Waals surface area contributed by atoms with Gasteiger partial charge in [0.1, 0.15) is 11.5 Å². The van der Waals surface area contributed by atoms with Crippen LogP contribution in [0.1, 0.15) is 24.0 Å². The van der Waals surface area contributed by atoms with Crippen molar-refractivity contribution in [1.82, 2.24) is 0 Å². The summed E-state index contributed by atoms with van der Waals surface area (Å²) in [6, 6.07) is 21.0. The highest BCUT2D eigenvalue weighted by atomic mass is 16.5. The van der Waals surface area contributed by atoms with Gasteiger partial charge >= 0.3 is 0 Å². The number of ether oxygens (including phenoxy) is 2. The second-order valence-electron chi connectivity index (χ2n) is 5.86. The summed E-state index contributed by atoms with van der Waals surface area (Å²) in [5.41, 5.74) is 2.68. The average molecular weight is 306 g/mol. The van der Waals surface area contributed by atoms with E-state index in [1.54, 1.807) is 14.2 Å². The molecule has 0 N–H and O–H groups in total. The maximum Gasteiger partial charge on any atom is 0.126 e. The van der Waals surface area contributed by atoms with E-state index in [1.807, 2.05) is 18.2 Å². The largest absolute Gasteiger partial charge is 0.497 e. The van der Waals surface area contributed by atoms with Crippen LogP contribution in [0.2, 0.25) is 0 Å². The third-order valence-electron chi connectivity index (χ3n) is 4.37. The monoisotopic (exact) mass is 306 g/mol. The molecule has 0 amide bonds. The highest BCUT2D eigenvalue weighted by molar-refractivity contribution is 5.91. The molecule has 0 aliphatic heterocycles. The molecule has 118 valence electrons. The lowest BCUT2D eigenvalue weighted by atomic mass is 9.90. The van der Waals surface area contributed by atoms with Gasteiger partial charge in [0.2, 0.25) is 0 Å². The third-order valence-corrected chi connectivity index (χ3v) is 4.37. The number of methoxy groups -OCH3 is 2. The fourth-order valence-corrected chi connectivity index (χ4v) is 3.14. The van der Waals surface area contributed by atoms with Crippen molar-refractivity contribution in [2.24, 2.45) is 0 Å². The molecule has 2 heteroatoms. The molecule has 0 saturated heterocycles. The van der Waals surface area contributed by atoms with Gasteiger partial charge in [-0.25, -0.2) is 0 Å². The highest BCUT2D eigenvalue weighted by Gasteiger charge is 2.12. The Morgan fingerprint density at radius 3 is 2.17 bits per heavy atom. The van der Waals surface area contributed by atoms with E-state index in [-0.39, 0.29) is 0 Å². The van der Waals surface area contributed by atoms with Crippen LogP contribution in [0.4, 0.5) is 0 Å². The summed E-state index contributed by atoms with van der Waals surface area (Å²) in [5, 5.41) is 2.45. The van der Waals surface area contributed by atoms with Gasteiger partial charge in [-0.15, -0.1) is 0 Å². The summed E-state index contributed by atoms with van der Waals surface area (Å²) in [4.78, 5) is 0. The molecule has 2 nitrogen and oxygen atoms in total. The van der Waals surface area contributed by atoms with Crippen LogP contribution in [0.25, 0.3) is 10.8 Å². The van der Waals surface area contributed by atoms with Gasteiger partial charge in [-0.05, 0) is 47.1 Å². The van der Waals surface area contributed by atoms with E-state index in [1.165, 1.54) is 21.9 Å². The van der Waals surface area contributed by atoms with Gasteiger partial charge in [0, 0.05) is 5.39 Å². The maximum absolute atomic E-state index is 5.49. The molecule has 1 atom stereocenters. The smallest absolute Gasteiger partial charge is 0.126 e. The van der Waals surface area contributed by atoms with Crippen molar-refractivity contribution in [3.8, 4) is 11.5 Å². The minimum absolute atomic E-state index is 0.430. The first-order valence-electron chi connectivity index (χ1n) is 7.91. The molecule has 3 aromatic rings. The van der Waals surface area contributed by atoms with E-state index in [4.69, 9.17) is 9.47 Å². The first-order valence-corrected chi connectivity index (χ1v) is 7.91. The Bertz CT molecular complexity index is 791. The number of rotatable bonds is 5. The number of fused-ring (bicyclic) bond motifs is 1. The summed E-state index contributed by atoms with van der Waals surface area (Å²) in [5.74, 6) is 2.26. The van der Waals surface area contributed by atoms with Crippen LogP contribution in [0.3, 0.4) is 0 Å². The molecule has 0 aliphatic carbocycles. The van der Waals surface area contributed by atoms with E-state index in [0.29, 0.717) is 5.92 Å². The predicted octanol–water partition coefficient (Wildman–Crippen LogP) is 5.20. The van der Waals surface area contributed by atoms with Gasteiger partial charge < -0.3 is 9.47 Å². The molecule has 0 aliphatic rings. The molecule has 3 aromatic carbocycles. The van der Waals surface area contributed by atoms with Gasteiger partial charge in [-0.3, -0.25) is 0 Å². The summed E-state index contributed by atoms with van der Waals surface area (Å²) in [7, 11) is 3.42. The molecule has 0 heterocycles. The lowest BCUT2D eigenvalue weighted by Crippen LogP contribution is -2.00. The molecule has 0 unspecified atom stereocenters. The summed E-state index contributed by atoms with van der Waals surface area (Å²) in [6.45, 7) is 2.28. The first-order chi connectivity index (χ1) is 11.2. The van der Waals surface area contributed by atoms with E-state index in [9.17, 15) is 0 Å². The Balaban J connectivity index is 1.92. The van der Waals surface area contributed by atoms with Gasteiger partial charge in [0.05, 0.1) is 14.2 Å².